The molecule has 1 saturated heterocycles. The lowest BCUT2D eigenvalue weighted by Gasteiger charge is -2.29. The molecule has 1 aliphatic rings. The lowest BCUT2D eigenvalue weighted by Crippen LogP contribution is -2.38. The number of likely N-dealkylation sites (tertiary alicyclic amines) is 1. The third kappa shape index (κ3) is 5.43. The first-order valence-electron chi connectivity index (χ1n) is 9.34. The first kappa shape index (κ1) is 19.1. The second-order valence-electron chi connectivity index (χ2n) is 7.08. The summed E-state index contributed by atoms with van der Waals surface area (Å²) < 4.78 is 33.6. The van der Waals surface area contributed by atoms with Gasteiger partial charge in [0.15, 0.2) is 0 Å². The Balaban J connectivity index is 1.68. The normalized spacial score (nSPS) is 17.7. The summed E-state index contributed by atoms with van der Waals surface area (Å²) in [7, 11) is -3.40. The molecule has 2 aromatic rings. The molecule has 1 aliphatic heterocycles. The Kier molecular flexibility index (Phi) is 6.51. The van der Waals surface area contributed by atoms with Crippen molar-refractivity contribution in [2.75, 3.05) is 19.6 Å². The molecule has 0 saturated carbocycles. The fourth-order valence-corrected chi connectivity index (χ4v) is 4.71. The van der Waals surface area contributed by atoms with E-state index in [4.69, 9.17) is 4.42 Å². The Morgan fingerprint density at radius 1 is 1.12 bits per heavy atom. The van der Waals surface area contributed by atoms with Crippen LogP contribution in [0.1, 0.15) is 48.6 Å². The van der Waals surface area contributed by atoms with Crippen molar-refractivity contribution in [3.8, 4) is 0 Å². The molecule has 0 amide bonds. The minimum Gasteiger partial charge on any atom is -0.468 e. The molecule has 0 spiro atoms. The highest BCUT2D eigenvalue weighted by atomic mass is 32.2. The molecular formula is C20H28N2O3S. The first-order valence-corrected chi connectivity index (χ1v) is 11.0. The molecule has 1 aromatic carbocycles. The largest absolute Gasteiger partial charge is 0.468 e. The maximum atomic E-state index is 12.6. The van der Waals surface area contributed by atoms with Gasteiger partial charge >= 0.3 is 0 Å². The predicted octanol–water partition coefficient (Wildman–Crippen LogP) is 3.62. The average molecular weight is 377 g/mol. The van der Waals surface area contributed by atoms with E-state index in [-0.39, 0.29) is 11.8 Å². The van der Waals surface area contributed by atoms with Gasteiger partial charge in [-0.25, -0.2) is 13.1 Å². The average Bonchev–Trinajstić information content (AvgIpc) is 2.98. The molecule has 3 rings (SSSR count). The number of sulfonamides is 1. The van der Waals surface area contributed by atoms with Gasteiger partial charge in [0.05, 0.1) is 18.1 Å². The van der Waals surface area contributed by atoms with Gasteiger partial charge in [-0.2, -0.15) is 0 Å². The molecule has 0 bridgehead atoms. The van der Waals surface area contributed by atoms with Crippen LogP contribution in [0.4, 0.5) is 0 Å². The SMILES string of the molecule is Cc1cccc(CS(=O)(=O)NCC(c2ccco2)N2CCCCCC2)c1. The molecule has 1 aromatic heterocycles. The molecule has 0 radical (unpaired) electrons. The van der Waals surface area contributed by atoms with E-state index in [0.29, 0.717) is 6.54 Å². The summed E-state index contributed by atoms with van der Waals surface area (Å²) in [6, 6.07) is 11.4. The van der Waals surface area contributed by atoms with E-state index < -0.39 is 10.0 Å². The molecule has 0 aliphatic carbocycles. The molecule has 26 heavy (non-hydrogen) atoms. The maximum Gasteiger partial charge on any atom is 0.215 e. The van der Waals surface area contributed by atoms with Gasteiger partial charge in [0.25, 0.3) is 0 Å². The zero-order valence-electron chi connectivity index (χ0n) is 15.4. The molecule has 5 nitrogen and oxygen atoms in total. The van der Waals surface area contributed by atoms with Crippen LogP contribution in [0.3, 0.4) is 0 Å². The standard InChI is InChI=1S/C20H28N2O3S/c1-17-8-6-9-18(14-17)16-26(23,24)21-15-19(20-10-7-13-25-20)22-11-4-2-3-5-12-22/h6-10,13-14,19,21H,2-5,11-12,15-16H2,1H3. The van der Waals surface area contributed by atoms with E-state index >= 15 is 0 Å². The van der Waals surface area contributed by atoms with Crippen molar-refractivity contribution in [3.05, 3.63) is 59.5 Å². The summed E-state index contributed by atoms with van der Waals surface area (Å²) >= 11 is 0. The number of hydrogen-bond acceptors (Lipinski definition) is 4. The zero-order chi connectivity index (χ0) is 18.4. The van der Waals surface area contributed by atoms with Gasteiger partial charge in [-0.15, -0.1) is 0 Å². The second kappa shape index (κ2) is 8.84. The van der Waals surface area contributed by atoms with Crippen molar-refractivity contribution in [3.63, 3.8) is 0 Å². The summed E-state index contributed by atoms with van der Waals surface area (Å²) in [5.74, 6) is 0.824. The molecule has 142 valence electrons. The minimum atomic E-state index is -3.40. The molecule has 6 heteroatoms. The summed E-state index contributed by atoms with van der Waals surface area (Å²) in [4.78, 5) is 2.35. The molecule has 2 heterocycles. The molecule has 1 fully saturated rings. The van der Waals surface area contributed by atoms with Crippen molar-refractivity contribution >= 4 is 10.0 Å². The number of hydrogen-bond donors (Lipinski definition) is 1. The zero-order valence-corrected chi connectivity index (χ0v) is 16.2. The lowest BCUT2D eigenvalue weighted by atomic mass is 10.2. The summed E-state index contributed by atoms with van der Waals surface area (Å²) in [6.07, 6.45) is 6.42. The van der Waals surface area contributed by atoms with Crippen LogP contribution in [-0.2, 0) is 15.8 Å². The third-order valence-electron chi connectivity index (χ3n) is 4.89. The quantitative estimate of drug-likeness (QED) is 0.802. The van der Waals surface area contributed by atoms with E-state index in [0.717, 1.165) is 42.8 Å². The van der Waals surface area contributed by atoms with E-state index in [2.05, 4.69) is 9.62 Å². The van der Waals surface area contributed by atoms with Crippen LogP contribution in [0, 0.1) is 6.92 Å². The van der Waals surface area contributed by atoms with Crippen LogP contribution in [-0.4, -0.2) is 33.0 Å². The highest BCUT2D eigenvalue weighted by molar-refractivity contribution is 7.88. The van der Waals surface area contributed by atoms with Gasteiger partial charge in [0.1, 0.15) is 5.76 Å². The van der Waals surface area contributed by atoms with Gasteiger partial charge in [-0.1, -0.05) is 42.7 Å². The highest BCUT2D eigenvalue weighted by Gasteiger charge is 2.25. The van der Waals surface area contributed by atoms with Gasteiger partial charge in [-0.3, -0.25) is 4.90 Å². The Morgan fingerprint density at radius 3 is 2.54 bits per heavy atom. The fourth-order valence-electron chi connectivity index (χ4n) is 3.58. The maximum absolute atomic E-state index is 12.6. The van der Waals surface area contributed by atoms with Crippen LogP contribution < -0.4 is 4.72 Å². The van der Waals surface area contributed by atoms with Crippen molar-refractivity contribution in [1.29, 1.82) is 0 Å². The molecular weight excluding hydrogens is 348 g/mol. The number of nitrogens with zero attached hydrogens (tertiary/aromatic N) is 1. The van der Waals surface area contributed by atoms with Crippen LogP contribution in [0.25, 0.3) is 0 Å². The van der Waals surface area contributed by atoms with Crippen LogP contribution in [0.5, 0.6) is 0 Å². The van der Waals surface area contributed by atoms with E-state index in [1.807, 2.05) is 43.3 Å². The summed E-state index contributed by atoms with van der Waals surface area (Å²) in [6.45, 7) is 4.26. The Morgan fingerprint density at radius 2 is 1.88 bits per heavy atom. The molecule has 1 N–H and O–H groups in total. The first-order chi connectivity index (χ1) is 12.5. The number of benzene rings is 1. The number of rotatable bonds is 7. The van der Waals surface area contributed by atoms with Crippen molar-refractivity contribution in [2.24, 2.45) is 0 Å². The number of furan rings is 1. The topological polar surface area (TPSA) is 62.6 Å². The molecule has 1 atom stereocenters. The van der Waals surface area contributed by atoms with Crippen molar-refractivity contribution in [1.82, 2.24) is 9.62 Å². The van der Waals surface area contributed by atoms with Gasteiger partial charge < -0.3 is 4.42 Å². The fraction of sp³-hybridized carbons (Fsp3) is 0.500. The lowest BCUT2D eigenvalue weighted by molar-refractivity contribution is 0.182. The van der Waals surface area contributed by atoms with E-state index in [9.17, 15) is 8.42 Å². The third-order valence-corrected chi connectivity index (χ3v) is 6.21. The Hall–Kier alpha value is -1.63. The van der Waals surface area contributed by atoms with Crippen LogP contribution in [0.2, 0.25) is 0 Å². The molecule has 1 unspecified atom stereocenters. The number of nitrogens with one attached hydrogen (secondary N) is 1. The van der Waals surface area contributed by atoms with E-state index in [1.54, 1.807) is 6.26 Å². The summed E-state index contributed by atoms with van der Waals surface area (Å²) in [5.41, 5.74) is 1.87. The predicted molar refractivity (Wildman–Crippen MR) is 103 cm³/mol. The smallest absolute Gasteiger partial charge is 0.215 e. The minimum absolute atomic E-state index is 0.000442. The Labute approximate surface area is 156 Å². The monoisotopic (exact) mass is 376 g/mol. The van der Waals surface area contributed by atoms with Crippen LogP contribution >= 0.6 is 0 Å². The van der Waals surface area contributed by atoms with E-state index in [1.165, 1.54) is 12.8 Å². The second-order valence-corrected chi connectivity index (χ2v) is 8.88. The van der Waals surface area contributed by atoms with Gasteiger partial charge in [-0.05, 0) is 50.6 Å². The Bertz CT molecular complexity index is 779. The van der Waals surface area contributed by atoms with Crippen LogP contribution in [0.15, 0.2) is 47.1 Å². The summed E-state index contributed by atoms with van der Waals surface area (Å²) in [5, 5.41) is 0. The van der Waals surface area contributed by atoms with Gasteiger partial charge in [0.2, 0.25) is 10.0 Å². The number of aryl methyl sites for hydroxylation is 1. The van der Waals surface area contributed by atoms with Crippen molar-refractivity contribution < 1.29 is 12.8 Å². The van der Waals surface area contributed by atoms with Gasteiger partial charge in [0, 0.05) is 6.54 Å². The van der Waals surface area contributed by atoms with Crippen molar-refractivity contribution in [2.45, 2.75) is 44.4 Å². The highest BCUT2D eigenvalue weighted by Crippen LogP contribution is 2.24.